The molecule has 0 saturated carbocycles. The van der Waals surface area contributed by atoms with Gasteiger partial charge in [0.15, 0.2) is 0 Å². The highest BCUT2D eigenvalue weighted by molar-refractivity contribution is 9.10. The molecule has 0 bridgehead atoms. The molecule has 3 aromatic rings. The van der Waals surface area contributed by atoms with Crippen molar-refractivity contribution in [2.75, 3.05) is 31.1 Å². The highest BCUT2D eigenvalue weighted by Gasteiger charge is 2.22. The van der Waals surface area contributed by atoms with Crippen molar-refractivity contribution in [3.05, 3.63) is 81.3 Å². The maximum Gasteiger partial charge on any atom is 0.267 e. The van der Waals surface area contributed by atoms with E-state index in [-0.39, 0.29) is 23.8 Å². The number of hydrogen-bond acceptors (Lipinski definition) is 4. The second kappa shape index (κ2) is 8.79. The lowest BCUT2D eigenvalue weighted by Gasteiger charge is -2.36. The summed E-state index contributed by atoms with van der Waals surface area (Å²) in [6, 6.07) is 17.0. The summed E-state index contributed by atoms with van der Waals surface area (Å²) in [7, 11) is 0. The smallest absolute Gasteiger partial charge is 0.267 e. The lowest BCUT2D eigenvalue weighted by Crippen LogP contribution is -2.50. The molecule has 1 amide bonds. The summed E-state index contributed by atoms with van der Waals surface area (Å²) in [6.07, 6.45) is 0. The van der Waals surface area contributed by atoms with Crippen LogP contribution in [0, 0.1) is 5.82 Å². The predicted octanol–water partition coefficient (Wildman–Crippen LogP) is 3.16. The molecule has 1 saturated heterocycles. The van der Waals surface area contributed by atoms with Crippen molar-refractivity contribution < 1.29 is 9.18 Å². The van der Waals surface area contributed by atoms with Gasteiger partial charge >= 0.3 is 0 Å². The molecule has 30 heavy (non-hydrogen) atoms. The van der Waals surface area contributed by atoms with E-state index < -0.39 is 0 Å². The average molecular weight is 471 g/mol. The van der Waals surface area contributed by atoms with Crippen molar-refractivity contribution in [3.8, 4) is 11.3 Å². The van der Waals surface area contributed by atoms with E-state index in [9.17, 15) is 14.0 Å². The van der Waals surface area contributed by atoms with Gasteiger partial charge in [0.05, 0.1) is 5.69 Å². The van der Waals surface area contributed by atoms with Crippen LogP contribution in [0.5, 0.6) is 0 Å². The minimum atomic E-state index is -0.311. The van der Waals surface area contributed by atoms with Crippen LogP contribution < -0.4 is 10.5 Å². The molecule has 0 spiro atoms. The molecule has 2 aromatic carbocycles. The van der Waals surface area contributed by atoms with Crippen LogP contribution in [0.3, 0.4) is 0 Å². The molecule has 0 N–H and O–H groups in total. The molecule has 1 aliphatic rings. The number of piperazine rings is 1. The van der Waals surface area contributed by atoms with Crippen molar-refractivity contribution in [3.63, 3.8) is 0 Å². The van der Waals surface area contributed by atoms with Crippen molar-refractivity contribution >= 4 is 27.5 Å². The Morgan fingerprint density at radius 1 is 0.933 bits per heavy atom. The first kappa shape index (κ1) is 20.3. The lowest BCUT2D eigenvalue weighted by molar-refractivity contribution is -0.132. The Kier molecular flexibility index (Phi) is 5.94. The fourth-order valence-corrected chi connectivity index (χ4v) is 3.70. The van der Waals surface area contributed by atoms with Crippen LogP contribution in [0.15, 0.2) is 69.9 Å². The lowest BCUT2D eigenvalue weighted by atomic mass is 10.1. The Morgan fingerprint density at radius 2 is 1.60 bits per heavy atom. The Labute approximate surface area is 181 Å². The molecule has 154 valence electrons. The summed E-state index contributed by atoms with van der Waals surface area (Å²) in [5, 5.41) is 4.37. The van der Waals surface area contributed by atoms with Crippen molar-refractivity contribution in [2.24, 2.45) is 0 Å². The van der Waals surface area contributed by atoms with E-state index >= 15 is 0 Å². The summed E-state index contributed by atoms with van der Waals surface area (Å²) in [5.74, 6) is -0.410. The van der Waals surface area contributed by atoms with E-state index in [0.717, 1.165) is 15.7 Å². The van der Waals surface area contributed by atoms with Crippen LogP contribution in [-0.4, -0.2) is 46.8 Å². The summed E-state index contributed by atoms with van der Waals surface area (Å²) in [5.41, 5.74) is 2.13. The Bertz CT molecular complexity index is 1090. The van der Waals surface area contributed by atoms with Gasteiger partial charge in [0.2, 0.25) is 5.91 Å². The molecule has 0 unspecified atom stereocenters. The summed E-state index contributed by atoms with van der Waals surface area (Å²) in [4.78, 5) is 28.8. The molecule has 1 aromatic heterocycles. The fraction of sp³-hybridized carbons (Fsp3) is 0.227. The van der Waals surface area contributed by atoms with Crippen LogP contribution in [0.1, 0.15) is 0 Å². The third-order valence-corrected chi connectivity index (χ3v) is 5.64. The number of hydrogen-bond donors (Lipinski definition) is 0. The van der Waals surface area contributed by atoms with Gasteiger partial charge in [0, 0.05) is 48.0 Å². The molecule has 6 nitrogen and oxygen atoms in total. The molecule has 1 aliphatic heterocycles. The maximum atomic E-state index is 13.1. The number of halogens is 2. The Morgan fingerprint density at radius 3 is 2.27 bits per heavy atom. The standard InChI is InChI=1S/C22H20BrFN4O2/c23-17-3-1-16(2-4-17)20-9-10-21(29)28(25-20)15-22(30)27-13-11-26(12-14-27)19-7-5-18(24)6-8-19/h1-10H,11-15H2. The monoisotopic (exact) mass is 470 g/mol. The summed E-state index contributed by atoms with van der Waals surface area (Å²) in [6.45, 7) is 2.28. The predicted molar refractivity (Wildman–Crippen MR) is 117 cm³/mol. The van der Waals surface area contributed by atoms with Crippen LogP contribution in [0.25, 0.3) is 11.3 Å². The third kappa shape index (κ3) is 4.59. The molecule has 1 fully saturated rings. The first-order valence-electron chi connectivity index (χ1n) is 9.62. The van der Waals surface area contributed by atoms with E-state index in [2.05, 4.69) is 25.9 Å². The van der Waals surface area contributed by atoms with Gasteiger partial charge in [0.25, 0.3) is 5.56 Å². The van der Waals surface area contributed by atoms with E-state index in [0.29, 0.717) is 31.9 Å². The second-order valence-corrected chi connectivity index (χ2v) is 7.98. The largest absolute Gasteiger partial charge is 0.368 e. The minimum Gasteiger partial charge on any atom is -0.368 e. The van der Waals surface area contributed by atoms with Crippen LogP contribution >= 0.6 is 15.9 Å². The number of nitrogens with zero attached hydrogens (tertiary/aromatic N) is 4. The summed E-state index contributed by atoms with van der Waals surface area (Å²) >= 11 is 3.40. The molecule has 4 rings (SSSR count). The highest BCUT2D eigenvalue weighted by Crippen LogP contribution is 2.19. The normalized spacial score (nSPS) is 14.1. The summed E-state index contributed by atoms with van der Waals surface area (Å²) < 4.78 is 15.3. The fourth-order valence-electron chi connectivity index (χ4n) is 3.43. The minimum absolute atomic E-state index is 0.0975. The molecule has 0 aliphatic carbocycles. The zero-order valence-corrected chi connectivity index (χ0v) is 17.8. The highest BCUT2D eigenvalue weighted by atomic mass is 79.9. The number of amides is 1. The van der Waals surface area contributed by atoms with Gasteiger partial charge in [0.1, 0.15) is 12.4 Å². The van der Waals surface area contributed by atoms with Gasteiger partial charge in [-0.3, -0.25) is 9.59 Å². The zero-order chi connectivity index (χ0) is 21.1. The maximum absolute atomic E-state index is 13.1. The average Bonchev–Trinajstić information content (AvgIpc) is 2.76. The number of carbonyl (C=O) groups excluding carboxylic acids is 1. The Hall–Kier alpha value is -3.00. The number of carbonyl (C=O) groups is 1. The number of anilines is 1. The van der Waals surface area contributed by atoms with Crippen LogP contribution in [0.4, 0.5) is 10.1 Å². The van der Waals surface area contributed by atoms with Gasteiger partial charge in [-0.25, -0.2) is 9.07 Å². The van der Waals surface area contributed by atoms with Gasteiger partial charge in [-0.2, -0.15) is 5.10 Å². The molecular weight excluding hydrogens is 451 g/mol. The van der Waals surface area contributed by atoms with E-state index in [1.165, 1.54) is 22.9 Å². The topological polar surface area (TPSA) is 58.4 Å². The van der Waals surface area contributed by atoms with E-state index in [1.807, 2.05) is 24.3 Å². The molecule has 2 heterocycles. The van der Waals surface area contributed by atoms with Gasteiger partial charge < -0.3 is 9.80 Å². The third-order valence-electron chi connectivity index (χ3n) is 5.12. The number of aromatic nitrogens is 2. The van der Waals surface area contributed by atoms with Gasteiger partial charge in [-0.1, -0.05) is 28.1 Å². The molecule has 0 radical (unpaired) electrons. The van der Waals surface area contributed by atoms with Gasteiger partial charge in [-0.05, 0) is 42.5 Å². The van der Waals surface area contributed by atoms with E-state index in [1.54, 1.807) is 23.1 Å². The van der Waals surface area contributed by atoms with Gasteiger partial charge in [-0.15, -0.1) is 0 Å². The Balaban J connectivity index is 1.42. The van der Waals surface area contributed by atoms with Crippen molar-refractivity contribution in [1.29, 1.82) is 0 Å². The van der Waals surface area contributed by atoms with Crippen molar-refractivity contribution in [1.82, 2.24) is 14.7 Å². The second-order valence-electron chi connectivity index (χ2n) is 7.07. The number of benzene rings is 2. The molecule has 0 atom stereocenters. The molecular formula is C22H20BrFN4O2. The first-order chi connectivity index (χ1) is 14.5. The zero-order valence-electron chi connectivity index (χ0n) is 16.2. The number of rotatable bonds is 4. The quantitative estimate of drug-likeness (QED) is 0.587. The van der Waals surface area contributed by atoms with Crippen LogP contribution in [0.2, 0.25) is 0 Å². The first-order valence-corrected chi connectivity index (χ1v) is 10.4. The van der Waals surface area contributed by atoms with E-state index in [4.69, 9.17) is 0 Å². The van der Waals surface area contributed by atoms with Crippen LogP contribution in [-0.2, 0) is 11.3 Å². The molecule has 8 heteroatoms. The van der Waals surface area contributed by atoms with Crippen molar-refractivity contribution in [2.45, 2.75) is 6.54 Å². The SMILES string of the molecule is O=C(Cn1nc(-c2ccc(Br)cc2)ccc1=O)N1CCN(c2ccc(F)cc2)CC1.